The van der Waals surface area contributed by atoms with E-state index in [1.807, 2.05) is 32.2 Å². The minimum atomic E-state index is -0.0529. The van der Waals surface area contributed by atoms with Crippen LogP contribution in [0.25, 0.3) is 0 Å². The number of hydrogen-bond donors (Lipinski definition) is 1. The lowest BCUT2D eigenvalue weighted by Crippen LogP contribution is -2.18. The van der Waals surface area contributed by atoms with Gasteiger partial charge in [0.15, 0.2) is 0 Å². The van der Waals surface area contributed by atoms with Crippen LogP contribution in [0.2, 0.25) is 5.02 Å². The molecule has 1 N–H and O–H groups in total. The van der Waals surface area contributed by atoms with Crippen molar-refractivity contribution in [2.75, 3.05) is 5.32 Å². The molecule has 0 spiro atoms. The van der Waals surface area contributed by atoms with Crippen LogP contribution in [0, 0.1) is 6.92 Å². The summed E-state index contributed by atoms with van der Waals surface area (Å²) < 4.78 is 1.80. The Bertz CT molecular complexity index is 580. The van der Waals surface area contributed by atoms with E-state index in [4.69, 9.17) is 11.6 Å². The number of nitrogens with zero attached hydrogens (tertiary/aromatic N) is 2. The summed E-state index contributed by atoms with van der Waals surface area (Å²) in [6.45, 7) is 3.89. The van der Waals surface area contributed by atoms with Gasteiger partial charge in [-0.1, -0.05) is 17.7 Å². The third-order valence-corrected chi connectivity index (χ3v) is 3.02. The number of nitrogens with one attached hydrogen (secondary N) is 1. The van der Waals surface area contributed by atoms with Gasteiger partial charge in [-0.05, 0) is 38.1 Å². The largest absolute Gasteiger partial charge is 0.326 e. The highest BCUT2D eigenvalue weighted by molar-refractivity contribution is 6.30. The molecule has 0 saturated carbocycles. The van der Waals surface area contributed by atoms with E-state index in [9.17, 15) is 4.79 Å². The lowest BCUT2D eigenvalue weighted by molar-refractivity contribution is -0.116. The molecule has 0 fully saturated rings. The summed E-state index contributed by atoms with van der Waals surface area (Å²) in [5, 5.41) is 7.73. The first-order valence-electron chi connectivity index (χ1n) is 6.12. The van der Waals surface area contributed by atoms with Crippen LogP contribution in [0.4, 0.5) is 5.69 Å². The predicted molar refractivity (Wildman–Crippen MR) is 76.4 cm³/mol. The molecular weight excluding hydrogens is 262 g/mol. The zero-order valence-electron chi connectivity index (χ0n) is 10.9. The molecule has 4 nitrogen and oxygen atoms in total. The van der Waals surface area contributed by atoms with Crippen molar-refractivity contribution in [1.82, 2.24) is 9.78 Å². The zero-order chi connectivity index (χ0) is 13.8. The fourth-order valence-corrected chi connectivity index (χ4v) is 2.01. The molecule has 2 aromatic rings. The third-order valence-electron chi connectivity index (χ3n) is 2.78. The predicted octanol–water partition coefficient (Wildman–Crippen LogP) is 3.43. The summed E-state index contributed by atoms with van der Waals surface area (Å²) in [5.74, 6) is -0.0529. The SMILES string of the molecule is Cc1ccn(C(C)CC(=O)Nc2cccc(Cl)c2)n1. The number of rotatable bonds is 4. The third kappa shape index (κ3) is 3.83. The summed E-state index contributed by atoms with van der Waals surface area (Å²) in [6.07, 6.45) is 2.25. The Morgan fingerprint density at radius 1 is 1.47 bits per heavy atom. The summed E-state index contributed by atoms with van der Waals surface area (Å²) in [7, 11) is 0. The van der Waals surface area contributed by atoms with Crippen molar-refractivity contribution in [2.24, 2.45) is 0 Å². The van der Waals surface area contributed by atoms with Crippen molar-refractivity contribution >= 4 is 23.2 Å². The number of hydrogen-bond acceptors (Lipinski definition) is 2. The van der Waals surface area contributed by atoms with Gasteiger partial charge in [0, 0.05) is 23.3 Å². The van der Waals surface area contributed by atoms with Gasteiger partial charge < -0.3 is 5.32 Å². The van der Waals surface area contributed by atoms with Crippen LogP contribution in [-0.4, -0.2) is 15.7 Å². The maximum atomic E-state index is 11.9. The molecule has 19 heavy (non-hydrogen) atoms. The number of halogens is 1. The van der Waals surface area contributed by atoms with E-state index in [1.165, 1.54) is 0 Å². The van der Waals surface area contributed by atoms with E-state index >= 15 is 0 Å². The van der Waals surface area contributed by atoms with E-state index in [1.54, 1.807) is 22.9 Å². The fraction of sp³-hybridized carbons (Fsp3) is 0.286. The minimum Gasteiger partial charge on any atom is -0.326 e. The second-order valence-electron chi connectivity index (χ2n) is 4.55. The average Bonchev–Trinajstić information content (AvgIpc) is 2.75. The lowest BCUT2D eigenvalue weighted by atomic mass is 10.2. The van der Waals surface area contributed by atoms with Crippen LogP contribution in [0.5, 0.6) is 0 Å². The molecule has 2 rings (SSSR count). The van der Waals surface area contributed by atoms with Crippen LogP contribution < -0.4 is 5.32 Å². The summed E-state index contributed by atoms with van der Waals surface area (Å²) in [4.78, 5) is 11.9. The molecule has 100 valence electrons. The average molecular weight is 278 g/mol. The zero-order valence-corrected chi connectivity index (χ0v) is 11.7. The highest BCUT2D eigenvalue weighted by atomic mass is 35.5. The molecule has 1 amide bonds. The molecule has 1 aromatic carbocycles. The maximum absolute atomic E-state index is 11.9. The van der Waals surface area contributed by atoms with Crippen molar-refractivity contribution < 1.29 is 4.79 Å². The highest BCUT2D eigenvalue weighted by Crippen LogP contribution is 2.16. The smallest absolute Gasteiger partial charge is 0.226 e. The lowest BCUT2D eigenvalue weighted by Gasteiger charge is -2.12. The van der Waals surface area contributed by atoms with Gasteiger partial charge in [-0.15, -0.1) is 0 Å². The number of amides is 1. The molecule has 0 saturated heterocycles. The molecule has 0 aliphatic carbocycles. The van der Waals surface area contributed by atoms with Gasteiger partial charge >= 0.3 is 0 Å². The highest BCUT2D eigenvalue weighted by Gasteiger charge is 2.11. The first-order chi connectivity index (χ1) is 9.04. The van der Waals surface area contributed by atoms with Gasteiger partial charge in [-0.3, -0.25) is 9.48 Å². The summed E-state index contributed by atoms with van der Waals surface area (Å²) in [6, 6.07) is 9.05. The number of carbonyl (C=O) groups is 1. The van der Waals surface area contributed by atoms with Crippen molar-refractivity contribution in [3.63, 3.8) is 0 Å². The Balaban J connectivity index is 1.94. The first-order valence-corrected chi connectivity index (χ1v) is 6.49. The Kier molecular flexibility index (Phi) is 4.22. The van der Waals surface area contributed by atoms with E-state index in [2.05, 4.69) is 10.4 Å². The Morgan fingerprint density at radius 3 is 2.89 bits per heavy atom. The number of carbonyl (C=O) groups excluding carboxylic acids is 1. The first kappa shape index (κ1) is 13.6. The monoisotopic (exact) mass is 277 g/mol. The van der Waals surface area contributed by atoms with Crippen molar-refractivity contribution in [2.45, 2.75) is 26.3 Å². The Hall–Kier alpha value is -1.81. The van der Waals surface area contributed by atoms with Gasteiger partial charge in [0.25, 0.3) is 0 Å². The second kappa shape index (κ2) is 5.89. The number of aryl methyl sites for hydroxylation is 1. The maximum Gasteiger partial charge on any atom is 0.226 e. The van der Waals surface area contributed by atoms with Crippen LogP contribution in [0.1, 0.15) is 25.1 Å². The number of aromatic nitrogens is 2. The van der Waals surface area contributed by atoms with E-state index < -0.39 is 0 Å². The molecule has 0 radical (unpaired) electrons. The van der Waals surface area contributed by atoms with Gasteiger partial charge in [-0.25, -0.2) is 0 Å². The minimum absolute atomic E-state index is 0.0212. The normalized spacial score (nSPS) is 12.2. The molecular formula is C14H16ClN3O. The van der Waals surface area contributed by atoms with Gasteiger partial charge in [0.1, 0.15) is 0 Å². The topological polar surface area (TPSA) is 46.9 Å². The summed E-state index contributed by atoms with van der Waals surface area (Å²) in [5.41, 5.74) is 1.66. The molecule has 1 aromatic heterocycles. The van der Waals surface area contributed by atoms with Crippen LogP contribution in [0.3, 0.4) is 0 Å². The van der Waals surface area contributed by atoms with Gasteiger partial charge in [0.2, 0.25) is 5.91 Å². The quantitative estimate of drug-likeness (QED) is 0.931. The molecule has 0 aliphatic heterocycles. The molecule has 1 atom stereocenters. The van der Waals surface area contributed by atoms with Crippen LogP contribution in [-0.2, 0) is 4.79 Å². The van der Waals surface area contributed by atoms with Crippen LogP contribution in [0.15, 0.2) is 36.5 Å². The molecule has 1 unspecified atom stereocenters. The summed E-state index contributed by atoms with van der Waals surface area (Å²) >= 11 is 5.87. The Morgan fingerprint density at radius 2 is 2.26 bits per heavy atom. The van der Waals surface area contributed by atoms with Crippen molar-refractivity contribution in [3.8, 4) is 0 Å². The van der Waals surface area contributed by atoms with Crippen molar-refractivity contribution in [3.05, 3.63) is 47.2 Å². The van der Waals surface area contributed by atoms with Crippen molar-refractivity contribution in [1.29, 1.82) is 0 Å². The molecule has 0 aliphatic rings. The fourth-order valence-electron chi connectivity index (χ4n) is 1.82. The van der Waals surface area contributed by atoms with Gasteiger partial charge in [-0.2, -0.15) is 5.10 Å². The number of benzene rings is 1. The van der Waals surface area contributed by atoms with E-state index in [-0.39, 0.29) is 11.9 Å². The standard InChI is InChI=1S/C14H16ClN3O/c1-10-6-7-18(17-10)11(2)8-14(19)16-13-5-3-4-12(15)9-13/h3-7,9,11H,8H2,1-2H3,(H,16,19). The van der Waals surface area contributed by atoms with E-state index in [0.717, 1.165) is 5.69 Å². The molecule has 5 heteroatoms. The number of anilines is 1. The van der Waals surface area contributed by atoms with Gasteiger partial charge in [0.05, 0.1) is 11.7 Å². The second-order valence-corrected chi connectivity index (χ2v) is 4.99. The Labute approximate surface area is 117 Å². The van der Waals surface area contributed by atoms with Crippen LogP contribution >= 0.6 is 11.6 Å². The molecule has 0 bridgehead atoms. The molecule has 1 heterocycles. The van der Waals surface area contributed by atoms with E-state index in [0.29, 0.717) is 17.1 Å².